The molecule has 1 heterocycles. The number of nitro benzene ring substituents is 1. The summed E-state index contributed by atoms with van der Waals surface area (Å²) in [5.74, 6) is 0. The second kappa shape index (κ2) is 8.14. The van der Waals surface area contributed by atoms with Crippen LogP contribution in [-0.2, 0) is 9.84 Å². The summed E-state index contributed by atoms with van der Waals surface area (Å²) in [6, 6.07) is 4.49. The highest BCUT2D eigenvalue weighted by Gasteiger charge is 2.39. The largest absolute Gasteiger partial charge is 0.378 e. The Hall–Kier alpha value is -1.67. The molecule has 150 valence electrons. The molecule has 1 aromatic carbocycles. The maximum absolute atomic E-state index is 12.0. The van der Waals surface area contributed by atoms with E-state index in [1.807, 2.05) is 0 Å². The highest BCUT2D eigenvalue weighted by Crippen LogP contribution is 2.38. The van der Waals surface area contributed by atoms with Crippen LogP contribution in [0.25, 0.3) is 0 Å². The highest BCUT2D eigenvalue weighted by atomic mass is 32.2. The van der Waals surface area contributed by atoms with E-state index in [0.717, 1.165) is 32.2 Å². The minimum absolute atomic E-state index is 0.00757. The van der Waals surface area contributed by atoms with Gasteiger partial charge in [0.05, 0.1) is 4.92 Å². The Balaban J connectivity index is 1.88. The van der Waals surface area contributed by atoms with E-state index in [4.69, 9.17) is 0 Å². The summed E-state index contributed by atoms with van der Waals surface area (Å²) in [5, 5.41) is 14.9. The van der Waals surface area contributed by atoms with Gasteiger partial charge in [-0.05, 0) is 50.9 Å². The van der Waals surface area contributed by atoms with Gasteiger partial charge in [0.1, 0.15) is 10.6 Å². The van der Waals surface area contributed by atoms with Crippen LogP contribution in [0, 0.1) is 10.1 Å². The van der Waals surface area contributed by atoms with E-state index in [-0.39, 0.29) is 16.1 Å². The molecular weight excluding hydrogens is 366 g/mol. The molecule has 0 unspecified atom stereocenters. The van der Waals surface area contributed by atoms with Gasteiger partial charge in [0.15, 0.2) is 9.84 Å². The van der Waals surface area contributed by atoms with Gasteiger partial charge in [0.25, 0.3) is 0 Å². The van der Waals surface area contributed by atoms with Crippen LogP contribution in [0.15, 0.2) is 23.1 Å². The van der Waals surface area contributed by atoms with Crippen LogP contribution in [0.4, 0.5) is 11.4 Å². The summed E-state index contributed by atoms with van der Waals surface area (Å²) in [7, 11) is -3.67. The number of piperidine rings is 1. The number of nitro groups is 1. The Morgan fingerprint density at radius 2 is 1.74 bits per heavy atom. The molecule has 3 rings (SSSR count). The van der Waals surface area contributed by atoms with Gasteiger partial charge in [0.2, 0.25) is 0 Å². The average Bonchev–Trinajstić information content (AvgIpc) is 2.66. The molecule has 0 radical (unpaired) electrons. The van der Waals surface area contributed by atoms with Gasteiger partial charge in [-0.25, -0.2) is 8.42 Å². The molecule has 1 aliphatic carbocycles. The van der Waals surface area contributed by atoms with Gasteiger partial charge < -0.3 is 5.32 Å². The first-order chi connectivity index (χ1) is 12.8. The Bertz CT molecular complexity index is 782. The SMILES string of the molecule is CS(=O)(=O)c1cccc(NCC2(N3CCCCC3)CCCCC2)c1[N+](=O)[O-]. The zero-order chi connectivity index (χ0) is 19.5. The van der Waals surface area contributed by atoms with Crippen molar-refractivity contribution in [1.82, 2.24) is 4.90 Å². The van der Waals surface area contributed by atoms with E-state index in [2.05, 4.69) is 10.2 Å². The number of likely N-dealkylation sites (tertiary alicyclic amines) is 1. The topological polar surface area (TPSA) is 92.6 Å². The molecule has 1 saturated heterocycles. The molecular formula is C19H29N3O4S. The fourth-order valence-electron chi connectivity index (χ4n) is 4.60. The van der Waals surface area contributed by atoms with Crippen LogP contribution in [-0.4, -0.2) is 49.7 Å². The van der Waals surface area contributed by atoms with E-state index >= 15 is 0 Å². The van der Waals surface area contributed by atoms with E-state index in [0.29, 0.717) is 12.2 Å². The molecule has 8 heteroatoms. The van der Waals surface area contributed by atoms with Crippen molar-refractivity contribution in [1.29, 1.82) is 0 Å². The maximum Gasteiger partial charge on any atom is 0.310 e. The van der Waals surface area contributed by atoms with Crippen molar-refractivity contribution in [3.63, 3.8) is 0 Å². The predicted molar refractivity (Wildman–Crippen MR) is 106 cm³/mol. The number of sulfone groups is 1. The molecule has 1 N–H and O–H groups in total. The van der Waals surface area contributed by atoms with E-state index < -0.39 is 14.8 Å². The lowest BCUT2D eigenvalue weighted by molar-refractivity contribution is -0.386. The lowest BCUT2D eigenvalue weighted by atomic mass is 9.79. The van der Waals surface area contributed by atoms with E-state index in [1.165, 1.54) is 44.6 Å². The van der Waals surface area contributed by atoms with Crippen molar-refractivity contribution in [2.45, 2.75) is 61.8 Å². The quantitative estimate of drug-likeness (QED) is 0.584. The zero-order valence-electron chi connectivity index (χ0n) is 15.9. The van der Waals surface area contributed by atoms with Crippen molar-refractivity contribution in [2.75, 3.05) is 31.2 Å². The summed E-state index contributed by atoms with van der Waals surface area (Å²) in [4.78, 5) is 13.4. The first-order valence-corrected chi connectivity index (χ1v) is 11.7. The van der Waals surface area contributed by atoms with Gasteiger partial charge >= 0.3 is 5.69 Å². The normalized spacial score (nSPS) is 20.9. The maximum atomic E-state index is 12.0. The van der Waals surface area contributed by atoms with Crippen LogP contribution >= 0.6 is 0 Å². The van der Waals surface area contributed by atoms with Crippen LogP contribution in [0.2, 0.25) is 0 Å². The highest BCUT2D eigenvalue weighted by molar-refractivity contribution is 7.90. The van der Waals surface area contributed by atoms with Gasteiger partial charge in [-0.1, -0.05) is 31.7 Å². The third-order valence-electron chi connectivity index (χ3n) is 6.00. The molecule has 0 bridgehead atoms. The van der Waals surface area contributed by atoms with Crippen molar-refractivity contribution >= 4 is 21.2 Å². The molecule has 0 atom stereocenters. The molecule has 1 aromatic rings. The summed E-state index contributed by atoms with van der Waals surface area (Å²) < 4.78 is 24.0. The lowest BCUT2D eigenvalue weighted by Crippen LogP contribution is -2.56. The molecule has 2 fully saturated rings. The number of benzene rings is 1. The van der Waals surface area contributed by atoms with Crippen molar-refractivity contribution in [2.24, 2.45) is 0 Å². The number of nitrogens with zero attached hydrogens (tertiary/aromatic N) is 2. The number of nitrogens with one attached hydrogen (secondary N) is 1. The second-order valence-electron chi connectivity index (χ2n) is 7.87. The fourth-order valence-corrected chi connectivity index (χ4v) is 5.46. The van der Waals surface area contributed by atoms with Gasteiger partial charge in [-0.2, -0.15) is 0 Å². The average molecular weight is 396 g/mol. The number of hydrogen-bond donors (Lipinski definition) is 1. The number of anilines is 1. The molecule has 7 nitrogen and oxygen atoms in total. The Labute approximate surface area is 161 Å². The molecule has 1 aliphatic heterocycles. The molecule has 2 aliphatic rings. The van der Waals surface area contributed by atoms with Crippen molar-refractivity contribution < 1.29 is 13.3 Å². The predicted octanol–water partition coefficient (Wildman–Crippen LogP) is 3.60. The second-order valence-corrected chi connectivity index (χ2v) is 9.85. The van der Waals surface area contributed by atoms with Gasteiger partial charge in [-0.3, -0.25) is 15.0 Å². The number of rotatable bonds is 6. The van der Waals surface area contributed by atoms with E-state index in [1.54, 1.807) is 12.1 Å². The summed E-state index contributed by atoms with van der Waals surface area (Å²) >= 11 is 0. The van der Waals surface area contributed by atoms with Crippen LogP contribution in [0.3, 0.4) is 0 Å². The first-order valence-electron chi connectivity index (χ1n) is 9.80. The first kappa shape index (κ1) is 20.1. The number of hydrogen-bond acceptors (Lipinski definition) is 6. The van der Waals surface area contributed by atoms with Crippen LogP contribution in [0.1, 0.15) is 51.4 Å². The van der Waals surface area contributed by atoms with Crippen molar-refractivity contribution in [3.8, 4) is 0 Å². The van der Waals surface area contributed by atoms with Gasteiger partial charge in [-0.15, -0.1) is 0 Å². The third-order valence-corrected chi connectivity index (χ3v) is 7.13. The zero-order valence-corrected chi connectivity index (χ0v) is 16.8. The standard InChI is InChI=1S/C19H29N3O4S/c1-27(25,26)17-10-8-9-16(18(17)22(23)24)20-15-19(11-4-2-5-12-19)21-13-6-3-7-14-21/h8-10,20H,2-7,11-15H2,1H3. The molecule has 0 amide bonds. The minimum atomic E-state index is -3.67. The summed E-state index contributed by atoms with van der Waals surface area (Å²) in [6.45, 7) is 2.77. The molecule has 27 heavy (non-hydrogen) atoms. The molecule has 0 spiro atoms. The lowest BCUT2D eigenvalue weighted by Gasteiger charge is -2.48. The molecule has 0 aromatic heterocycles. The van der Waals surface area contributed by atoms with Crippen LogP contribution in [0.5, 0.6) is 0 Å². The summed E-state index contributed by atoms with van der Waals surface area (Å²) in [5.41, 5.74) is -0.0392. The van der Waals surface area contributed by atoms with E-state index in [9.17, 15) is 18.5 Å². The Kier molecular flexibility index (Phi) is 6.05. The monoisotopic (exact) mass is 395 g/mol. The van der Waals surface area contributed by atoms with Gasteiger partial charge in [0, 0.05) is 18.3 Å². The fraction of sp³-hybridized carbons (Fsp3) is 0.684. The Morgan fingerprint density at radius 1 is 1.11 bits per heavy atom. The smallest absolute Gasteiger partial charge is 0.310 e. The van der Waals surface area contributed by atoms with Crippen molar-refractivity contribution in [3.05, 3.63) is 28.3 Å². The third kappa shape index (κ3) is 4.43. The summed E-state index contributed by atoms with van der Waals surface area (Å²) in [6.07, 6.45) is 10.4. The molecule has 1 saturated carbocycles. The number of para-hydroxylation sites is 1. The minimum Gasteiger partial charge on any atom is -0.378 e. The Morgan fingerprint density at radius 3 is 2.33 bits per heavy atom. The van der Waals surface area contributed by atoms with Crippen LogP contribution < -0.4 is 5.32 Å².